The van der Waals surface area contributed by atoms with Gasteiger partial charge in [-0.1, -0.05) is 0 Å². The fraction of sp³-hybridized carbons (Fsp3) is 0.667. The van der Waals surface area contributed by atoms with Crippen molar-refractivity contribution in [3.05, 3.63) is 0 Å². The standard InChI is InChI=1S/C9H15N3O4/c1-12-7(13)3-6(9(12)15)11-8(14)5(10)4-16-2/h5-6H,3-4,10H2,1-2H3,(H,11,14). The van der Waals surface area contributed by atoms with Gasteiger partial charge in [-0.25, -0.2) is 0 Å². The highest BCUT2D eigenvalue weighted by molar-refractivity contribution is 6.06. The van der Waals surface area contributed by atoms with Crippen LogP contribution in [-0.4, -0.2) is 55.5 Å². The van der Waals surface area contributed by atoms with Crippen molar-refractivity contribution in [1.82, 2.24) is 10.2 Å². The first-order valence-corrected chi connectivity index (χ1v) is 4.82. The van der Waals surface area contributed by atoms with E-state index in [4.69, 9.17) is 10.5 Å². The monoisotopic (exact) mass is 229 g/mol. The fourth-order valence-electron chi connectivity index (χ4n) is 1.40. The summed E-state index contributed by atoms with van der Waals surface area (Å²) >= 11 is 0. The quantitative estimate of drug-likeness (QED) is 0.534. The Morgan fingerprint density at radius 2 is 2.31 bits per heavy atom. The first-order chi connectivity index (χ1) is 7.47. The summed E-state index contributed by atoms with van der Waals surface area (Å²) in [5, 5.41) is 2.42. The number of ether oxygens (including phenoxy) is 1. The number of carbonyl (C=O) groups is 3. The minimum atomic E-state index is -0.834. The molecule has 0 aromatic heterocycles. The van der Waals surface area contributed by atoms with E-state index in [2.05, 4.69) is 5.32 Å². The average Bonchev–Trinajstić information content (AvgIpc) is 2.47. The number of hydrogen-bond donors (Lipinski definition) is 2. The van der Waals surface area contributed by atoms with Gasteiger partial charge in [-0.05, 0) is 0 Å². The SMILES string of the molecule is COCC(N)C(=O)NC1CC(=O)N(C)C1=O. The number of amides is 3. The van der Waals surface area contributed by atoms with E-state index in [1.807, 2.05) is 0 Å². The van der Waals surface area contributed by atoms with Gasteiger partial charge in [0.1, 0.15) is 12.1 Å². The van der Waals surface area contributed by atoms with Crippen molar-refractivity contribution < 1.29 is 19.1 Å². The van der Waals surface area contributed by atoms with E-state index in [0.29, 0.717) is 0 Å². The van der Waals surface area contributed by atoms with Crippen molar-refractivity contribution in [3.63, 3.8) is 0 Å². The van der Waals surface area contributed by atoms with Crippen LogP contribution in [-0.2, 0) is 19.1 Å². The van der Waals surface area contributed by atoms with E-state index >= 15 is 0 Å². The van der Waals surface area contributed by atoms with Crippen LogP contribution in [0, 0.1) is 0 Å². The van der Waals surface area contributed by atoms with Gasteiger partial charge in [0.25, 0.3) is 5.91 Å². The van der Waals surface area contributed by atoms with Crippen LogP contribution in [0.4, 0.5) is 0 Å². The maximum absolute atomic E-state index is 11.4. The molecular weight excluding hydrogens is 214 g/mol. The number of likely N-dealkylation sites (N-methyl/N-ethyl adjacent to an activating group) is 1. The first kappa shape index (κ1) is 12.6. The van der Waals surface area contributed by atoms with Gasteiger partial charge in [0.2, 0.25) is 11.8 Å². The molecule has 1 aliphatic rings. The summed E-state index contributed by atoms with van der Waals surface area (Å²) in [5.41, 5.74) is 5.47. The molecule has 7 heteroatoms. The number of likely N-dealkylation sites (tertiary alicyclic amines) is 1. The summed E-state index contributed by atoms with van der Waals surface area (Å²) in [6, 6.07) is -1.63. The molecule has 1 saturated heterocycles. The van der Waals surface area contributed by atoms with Gasteiger partial charge >= 0.3 is 0 Å². The van der Waals surface area contributed by atoms with E-state index < -0.39 is 23.9 Å². The van der Waals surface area contributed by atoms with Gasteiger partial charge in [-0.2, -0.15) is 0 Å². The van der Waals surface area contributed by atoms with E-state index in [0.717, 1.165) is 4.90 Å². The molecule has 0 saturated carbocycles. The second-order valence-electron chi connectivity index (χ2n) is 3.62. The molecule has 3 amide bonds. The number of nitrogens with one attached hydrogen (secondary N) is 1. The Kier molecular flexibility index (Phi) is 3.97. The molecule has 0 bridgehead atoms. The lowest BCUT2D eigenvalue weighted by atomic mass is 10.2. The smallest absolute Gasteiger partial charge is 0.252 e. The summed E-state index contributed by atoms with van der Waals surface area (Å²) < 4.78 is 4.71. The van der Waals surface area contributed by atoms with Crippen molar-refractivity contribution in [3.8, 4) is 0 Å². The maximum atomic E-state index is 11.4. The Morgan fingerprint density at radius 1 is 1.69 bits per heavy atom. The van der Waals surface area contributed by atoms with Crippen LogP contribution < -0.4 is 11.1 Å². The summed E-state index contributed by atoms with van der Waals surface area (Å²) in [5.74, 6) is -1.22. The third-order valence-corrected chi connectivity index (χ3v) is 2.38. The largest absolute Gasteiger partial charge is 0.383 e. The molecule has 1 fully saturated rings. The molecule has 1 heterocycles. The molecule has 7 nitrogen and oxygen atoms in total. The summed E-state index contributed by atoms with van der Waals surface area (Å²) in [7, 11) is 2.80. The van der Waals surface area contributed by atoms with Crippen LogP contribution in [0.15, 0.2) is 0 Å². The Bertz CT molecular complexity index is 318. The second-order valence-corrected chi connectivity index (χ2v) is 3.62. The van der Waals surface area contributed by atoms with Crippen LogP contribution in [0.25, 0.3) is 0 Å². The molecule has 2 atom stereocenters. The van der Waals surface area contributed by atoms with E-state index in [1.165, 1.54) is 14.2 Å². The van der Waals surface area contributed by atoms with Crippen molar-refractivity contribution >= 4 is 17.7 Å². The van der Waals surface area contributed by atoms with E-state index in [9.17, 15) is 14.4 Å². The molecule has 0 spiro atoms. The lowest BCUT2D eigenvalue weighted by molar-refractivity contribution is -0.138. The summed E-state index contributed by atoms with van der Waals surface area (Å²) in [6.07, 6.45) is -0.0131. The number of methoxy groups -OCH3 is 1. The van der Waals surface area contributed by atoms with Crippen LogP contribution in [0.5, 0.6) is 0 Å². The van der Waals surface area contributed by atoms with Gasteiger partial charge < -0.3 is 15.8 Å². The van der Waals surface area contributed by atoms with Gasteiger partial charge in [0.15, 0.2) is 0 Å². The molecular formula is C9H15N3O4. The number of hydrogen-bond acceptors (Lipinski definition) is 5. The number of rotatable bonds is 4. The molecule has 3 N–H and O–H groups in total. The van der Waals surface area contributed by atoms with Crippen molar-refractivity contribution in [2.45, 2.75) is 18.5 Å². The first-order valence-electron chi connectivity index (χ1n) is 4.82. The number of carbonyl (C=O) groups excluding carboxylic acids is 3. The van der Waals surface area contributed by atoms with Gasteiger partial charge in [0.05, 0.1) is 13.0 Å². The third-order valence-electron chi connectivity index (χ3n) is 2.38. The van der Waals surface area contributed by atoms with E-state index in [1.54, 1.807) is 0 Å². The molecule has 0 radical (unpaired) electrons. The number of nitrogens with zero attached hydrogens (tertiary/aromatic N) is 1. The van der Waals surface area contributed by atoms with Gasteiger partial charge in [0, 0.05) is 14.2 Å². The molecule has 90 valence electrons. The third kappa shape index (κ3) is 2.56. The van der Waals surface area contributed by atoms with Crippen LogP contribution >= 0.6 is 0 Å². The predicted molar refractivity (Wildman–Crippen MR) is 54.2 cm³/mol. The van der Waals surface area contributed by atoms with Gasteiger partial charge in [-0.3, -0.25) is 19.3 Å². The highest BCUT2D eigenvalue weighted by atomic mass is 16.5. The van der Waals surface area contributed by atoms with Gasteiger partial charge in [-0.15, -0.1) is 0 Å². The zero-order chi connectivity index (χ0) is 12.3. The number of imide groups is 1. The average molecular weight is 229 g/mol. The lowest BCUT2D eigenvalue weighted by Gasteiger charge is -2.14. The molecule has 2 unspecified atom stereocenters. The van der Waals surface area contributed by atoms with Crippen LogP contribution in [0.3, 0.4) is 0 Å². The molecule has 1 rings (SSSR count). The van der Waals surface area contributed by atoms with Crippen molar-refractivity contribution in [1.29, 1.82) is 0 Å². The topological polar surface area (TPSA) is 102 Å². The Morgan fingerprint density at radius 3 is 2.75 bits per heavy atom. The molecule has 0 aliphatic carbocycles. The highest BCUT2D eigenvalue weighted by Gasteiger charge is 2.37. The molecule has 16 heavy (non-hydrogen) atoms. The van der Waals surface area contributed by atoms with Crippen LogP contribution in [0.1, 0.15) is 6.42 Å². The van der Waals surface area contributed by atoms with Crippen LogP contribution in [0.2, 0.25) is 0 Å². The predicted octanol–water partition coefficient (Wildman–Crippen LogP) is -2.17. The molecule has 0 aromatic rings. The minimum absolute atomic E-state index is 0.0131. The highest BCUT2D eigenvalue weighted by Crippen LogP contribution is 2.10. The zero-order valence-electron chi connectivity index (χ0n) is 9.23. The molecule has 0 aromatic carbocycles. The summed E-state index contributed by atoms with van der Waals surface area (Å²) in [4.78, 5) is 35.1. The van der Waals surface area contributed by atoms with Crippen molar-refractivity contribution in [2.75, 3.05) is 20.8 Å². The minimum Gasteiger partial charge on any atom is -0.383 e. The number of nitrogens with two attached hydrogens (primary N) is 1. The fourth-order valence-corrected chi connectivity index (χ4v) is 1.40. The van der Waals surface area contributed by atoms with E-state index in [-0.39, 0.29) is 18.9 Å². The maximum Gasteiger partial charge on any atom is 0.252 e. The second kappa shape index (κ2) is 5.04. The molecule has 1 aliphatic heterocycles. The Balaban J connectivity index is 2.53. The Labute approximate surface area is 92.9 Å². The Hall–Kier alpha value is -1.47. The zero-order valence-corrected chi connectivity index (χ0v) is 9.23. The van der Waals surface area contributed by atoms with Crippen molar-refractivity contribution in [2.24, 2.45) is 5.73 Å². The lowest BCUT2D eigenvalue weighted by Crippen LogP contribution is -2.49. The normalized spacial score (nSPS) is 22.4. The summed E-state index contributed by atoms with van der Waals surface area (Å²) in [6.45, 7) is 0.0660.